The van der Waals surface area contributed by atoms with E-state index in [2.05, 4.69) is 4.98 Å². The van der Waals surface area contributed by atoms with E-state index in [1.807, 2.05) is 66.3 Å². The van der Waals surface area contributed by atoms with Crippen LogP contribution in [0.2, 0.25) is 0 Å². The van der Waals surface area contributed by atoms with Gasteiger partial charge in [-0.3, -0.25) is 4.79 Å². The highest BCUT2D eigenvalue weighted by Gasteiger charge is 2.08. The van der Waals surface area contributed by atoms with Crippen molar-refractivity contribution in [3.05, 3.63) is 76.3 Å². The molecule has 0 aliphatic heterocycles. The number of rotatable bonds is 2. The van der Waals surface area contributed by atoms with Gasteiger partial charge in [0, 0.05) is 17.6 Å². The predicted molar refractivity (Wildman–Crippen MR) is 75.0 cm³/mol. The Labute approximate surface area is 127 Å². The van der Waals surface area contributed by atoms with Crippen molar-refractivity contribution in [2.24, 2.45) is 0 Å². The molecule has 0 fully saturated rings. The van der Waals surface area contributed by atoms with Crippen molar-refractivity contribution in [2.75, 3.05) is 0 Å². The van der Waals surface area contributed by atoms with Crippen LogP contribution < -0.4 is 27.1 Å². The Hall–Kier alpha value is -1.94. The number of fused-ring (bicyclic) bond motifs is 1. The number of benzene rings is 1. The van der Waals surface area contributed by atoms with Gasteiger partial charge in [0.15, 0.2) is 18.9 Å². The zero-order chi connectivity index (χ0) is 13.2. The van der Waals surface area contributed by atoms with Crippen molar-refractivity contribution in [1.29, 1.82) is 0 Å². The van der Waals surface area contributed by atoms with E-state index in [9.17, 15) is 4.79 Å². The van der Waals surface area contributed by atoms with Gasteiger partial charge in [0.05, 0.1) is 5.56 Å². The van der Waals surface area contributed by atoms with Crippen LogP contribution in [0, 0.1) is 6.92 Å². The fourth-order valence-electron chi connectivity index (χ4n) is 2.14. The normalized spacial score (nSPS) is 10.2. The molecular formula is C16H15BrN2O. The van der Waals surface area contributed by atoms with Crippen molar-refractivity contribution >= 4 is 10.9 Å². The smallest absolute Gasteiger partial charge is 0.258 e. The SMILES string of the molecule is Cc1cc[n+](Cc2cc3ccccc3[nH]c2=O)cc1.[Br-]. The van der Waals surface area contributed by atoms with E-state index < -0.39 is 0 Å². The molecule has 0 aliphatic rings. The molecule has 0 aliphatic carbocycles. The fraction of sp³-hybridized carbons (Fsp3) is 0.125. The Morgan fingerprint density at radius 1 is 1.10 bits per heavy atom. The maximum atomic E-state index is 12.0. The first kappa shape index (κ1) is 14.5. The van der Waals surface area contributed by atoms with Crippen molar-refractivity contribution in [1.82, 2.24) is 4.98 Å². The van der Waals surface area contributed by atoms with Crippen LogP contribution in [0.4, 0.5) is 0 Å². The third kappa shape index (κ3) is 2.96. The molecule has 0 amide bonds. The minimum absolute atomic E-state index is 0. The highest BCUT2D eigenvalue weighted by molar-refractivity contribution is 5.78. The molecule has 3 aromatic rings. The average molecular weight is 331 g/mol. The van der Waals surface area contributed by atoms with Gasteiger partial charge >= 0.3 is 0 Å². The lowest BCUT2D eigenvalue weighted by Gasteiger charge is -2.01. The van der Waals surface area contributed by atoms with E-state index >= 15 is 0 Å². The summed E-state index contributed by atoms with van der Waals surface area (Å²) in [4.78, 5) is 15.0. The summed E-state index contributed by atoms with van der Waals surface area (Å²) in [7, 11) is 0. The fourth-order valence-corrected chi connectivity index (χ4v) is 2.14. The van der Waals surface area contributed by atoms with E-state index in [0.717, 1.165) is 16.5 Å². The second kappa shape index (κ2) is 6.01. The molecule has 0 saturated carbocycles. The van der Waals surface area contributed by atoms with Crippen LogP contribution in [0.3, 0.4) is 0 Å². The number of aryl methyl sites for hydroxylation is 1. The van der Waals surface area contributed by atoms with Gasteiger partial charge < -0.3 is 22.0 Å². The lowest BCUT2D eigenvalue weighted by Crippen LogP contribution is -3.00. The molecule has 102 valence electrons. The van der Waals surface area contributed by atoms with Gasteiger partial charge in [-0.15, -0.1) is 0 Å². The number of pyridine rings is 2. The Balaban J connectivity index is 0.00000147. The van der Waals surface area contributed by atoms with Crippen molar-refractivity contribution in [3.63, 3.8) is 0 Å². The van der Waals surface area contributed by atoms with Gasteiger partial charge in [0.1, 0.15) is 0 Å². The highest BCUT2D eigenvalue weighted by Crippen LogP contribution is 2.09. The molecule has 2 heterocycles. The molecule has 0 unspecified atom stereocenters. The first-order valence-corrected chi connectivity index (χ1v) is 6.29. The number of nitrogens with zero attached hydrogens (tertiary/aromatic N) is 1. The standard InChI is InChI=1S/C16H14N2O.BrH/c1-12-6-8-18(9-7-12)11-14-10-13-4-2-3-5-15(13)17-16(14)19;/h2-10H,11H2,1H3;1H. The molecule has 3 rings (SSSR count). The zero-order valence-corrected chi connectivity index (χ0v) is 12.7. The third-order valence-corrected chi connectivity index (χ3v) is 3.24. The minimum Gasteiger partial charge on any atom is -1.00 e. The van der Waals surface area contributed by atoms with E-state index in [-0.39, 0.29) is 22.5 Å². The second-order valence-corrected chi connectivity index (χ2v) is 4.76. The maximum Gasteiger partial charge on any atom is 0.258 e. The average Bonchev–Trinajstić information content (AvgIpc) is 2.42. The summed E-state index contributed by atoms with van der Waals surface area (Å²) in [5.74, 6) is 0. The van der Waals surface area contributed by atoms with Crippen LogP contribution >= 0.6 is 0 Å². The van der Waals surface area contributed by atoms with Crippen molar-refractivity contribution < 1.29 is 21.5 Å². The van der Waals surface area contributed by atoms with E-state index in [0.29, 0.717) is 6.54 Å². The van der Waals surface area contributed by atoms with Crippen LogP contribution in [0.5, 0.6) is 0 Å². The summed E-state index contributed by atoms with van der Waals surface area (Å²) < 4.78 is 2.01. The van der Waals surface area contributed by atoms with E-state index in [1.54, 1.807) is 0 Å². The van der Waals surface area contributed by atoms with Crippen LogP contribution in [0.15, 0.2) is 59.7 Å². The lowest BCUT2D eigenvalue weighted by atomic mass is 10.1. The predicted octanol–water partition coefficient (Wildman–Crippen LogP) is -0.824. The summed E-state index contributed by atoms with van der Waals surface area (Å²) in [6.07, 6.45) is 3.98. The van der Waals surface area contributed by atoms with Gasteiger partial charge in [-0.2, -0.15) is 0 Å². The lowest BCUT2D eigenvalue weighted by molar-refractivity contribution is -0.688. The van der Waals surface area contributed by atoms with Crippen molar-refractivity contribution in [3.8, 4) is 0 Å². The Kier molecular flexibility index (Phi) is 4.35. The topological polar surface area (TPSA) is 36.7 Å². The first-order chi connectivity index (χ1) is 9.22. The highest BCUT2D eigenvalue weighted by atomic mass is 79.9. The summed E-state index contributed by atoms with van der Waals surface area (Å²) in [6.45, 7) is 2.63. The number of hydrogen-bond donors (Lipinski definition) is 1. The van der Waals surface area contributed by atoms with E-state index in [1.165, 1.54) is 5.56 Å². The molecule has 0 bridgehead atoms. The van der Waals surface area contributed by atoms with Gasteiger partial charge in [-0.05, 0) is 30.0 Å². The molecule has 1 N–H and O–H groups in total. The number of halogens is 1. The Morgan fingerprint density at radius 3 is 2.55 bits per heavy atom. The number of H-pyrrole nitrogens is 1. The summed E-state index contributed by atoms with van der Waals surface area (Å²) in [5, 5.41) is 1.06. The molecule has 3 nitrogen and oxygen atoms in total. The maximum absolute atomic E-state index is 12.0. The largest absolute Gasteiger partial charge is 1.00 e. The van der Waals surface area contributed by atoms with E-state index in [4.69, 9.17) is 0 Å². The molecule has 20 heavy (non-hydrogen) atoms. The number of nitrogens with one attached hydrogen (secondary N) is 1. The van der Waals surface area contributed by atoms with Crippen molar-refractivity contribution in [2.45, 2.75) is 13.5 Å². The molecular weight excluding hydrogens is 316 g/mol. The monoisotopic (exact) mass is 330 g/mol. The third-order valence-electron chi connectivity index (χ3n) is 3.24. The molecule has 4 heteroatoms. The van der Waals surface area contributed by atoms with Crippen LogP contribution in [-0.4, -0.2) is 4.98 Å². The molecule has 0 atom stereocenters. The first-order valence-electron chi connectivity index (χ1n) is 6.29. The Bertz CT molecular complexity index is 778. The quantitative estimate of drug-likeness (QED) is 0.612. The summed E-state index contributed by atoms with van der Waals surface area (Å²) in [6, 6.07) is 13.9. The molecule has 0 radical (unpaired) electrons. The summed E-state index contributed by atoms with van der Waals surface area (Å²) in [5.41, 5.74) is 2.84. The molecule has 2 aromatic heterocycles. The molecule has 0 saturated heterocycles. The number of hydrogen-bond acceptors (Lipinski definition) is 1. The molecule has 0 spiro atoms. The van der Waals surface area contributed by atoms with Gasteiger partial charge in [0.25, 0.3) is 5.56 Å². The van der Waals surface area contributed by atoms with Crippen LogP contribution in [0.25, 0.3) is 10.9 Å². The van der Waals surface area contributed by atoms with Gasteiger partial charge in [-0.1, -0.05) is 18.2 Å². The minimum atomic E-state index is -0.0215. The number of aromatic nitrogens is 2. The van der Waals surface area contributed by atoms with Crippen LogP contribution in [0.1, 0.15) is 11.1 Å². The molecule has 1 aromatic carbocycles. The number of aromatic amines is 1. The van der Waals surface area contributed by atoms with Crippen LogP contribution in [-0.2, 0) is 6.54 Å². The second-order valence-electron chi connectivity index (χ2n) is 4.76. The van der Waals surface area contributed by atoms with Gasteiger partial charge in [0.2, 0.25) is 0 Å². The zero-order valence-electron chi connectivity index (χ0n) is 11.1. The summed E-state index contributed by atoms with van der Waals surface area (Å²) >= 11 is 0. The Morgan fingerprint density at radius 2 is 1.80 bits per heavy atom. The number of para-hydroxylation sites is 1. The van der Waals surface area contributed by atoms with Gasteiger partial charge in [-0.25, -0.2) is 4.57 Å².